The van der Waals surface area contributed by atoms with Crippen LogP contribution < -0.4 is 25.0 Å². The monoisotopic (exact) mass is 357 g/mol. The molecule has 0 aliphatic heterocycles. The molecule has 26 heavy (non-hydrogen) atoms. The van der Waals surface area contributed by atoms with E-state index in [0.717, 1.165) is 0 Å². The van der Waals surface area contributed by atoms with Crippen molar-refractivity contribution in [3.63, 3.8) is 0 Å². The highest BCUT2D eigenvalue weighted by molar-refractivity contribution is 6.39. The predicted molar refractivity (Wildman–Crippen MR) is 96.9 cm³/mol. The Hall–Kier alpha value is -3.55. The van der Waals surface area contributed by atoms with Crippen molar-refractivity contribution in [1.82, 2.24) is 5.43 Å². The zero-order valence-corrected chi connectivity index (χ0v) is 14.6. The molecular formula is C18H19N3O5. The molecule has 0 fully saturated rings. The van der Waals surface area contributed by atoms with Gasteiger partial charge >= 0.3 is 11.8 Å². The number of nitrogens with one attached hydrogen (secondary N) is 2. The third-order valence-electron chi connectivity index (χ3n) is 3.36. The SMILES string of the molecule is COc1ccccc1NC(=O)C(=O)N/N=C\c1cccc(OC)c1OC. The van der Waals surface area contributed by atoms with Gasteiger partial charge in [-0.3, -0.25) is 9.59 Å². The van der Waals surface area contributed by atoms with Gasteiger partial charge in [-0.1, -0.05) is 18.2 Å². The molecule has 0 unspecified atom stereocenters. The molecule has 2 aromatic carbocycles. The molecule has 0 aromatic heterocycles. The van der Waals surface area contributed by atoms with Gasteiger partial charge in [0.15, 0.2) is 11.5 Å². The number of carbonyl (C=O) groups is 2. The maximum Gasteiger partial charge on any atom is 0.329 e. The summed E-state index contributed by atoms with van der Waals surface area (Å²) in [6.07, 6.45) is 1.36. The Morgan fingerprint density at radius 2 is 1.58 bits per heavy atom. The van der Waals surface area contributed by atoms with Gasteiger partial charge in [-0.25, -0.2) is 5.43 Å². The average Bonchev–Trinajstić information content (AvgIpc) is 2.67. The van der Waals surface area contributed by atoms with Crippen LogP contribution in [-0.2, 0) is 9.59 Å². The molecule has 0 aliphatic rings. The third-order valence-corrected chi connectivity index (χ3v) is 3.36. The predicted octanol–water partition coefficient (Wildman–Crippen LogP) is 1.80. The van der Waals surface area contributed by atoms with E-state index >= 15 is 0 Å². The Kier molecular flexibility index (Phi) is 6.55. The Morgan fingerprint density at radius 3 is 2.27 bits per heavy atom. The van der Waals surface area contributed by atoms with Crippen LogP contribution in [0.4, 0.5) is 5.69 Å². The lowest BCUT2D eigenvalue weighted by atomic mass is 10.2. The van der Waals surface area contributed by atoms with Crippen molar-refractivity contribution >= 4 is 23.7 Å². The summed E-state index contributed by atoms with van der Waals surface area (Å²) in [5, 5.41) is 6.23. The molecule has 2 rings (SSSR count). The van der Waals surface area contributed by atoms with E-state index in [-0.39, 0.29) is 0 Å². The highest BCUT2D eigenvalue weighted by atomic mass is 16.5. The molecule has 0 radical (unpaired) electrons. The van der Waals surface area contributed by atoms with E-state index in [4.69, 9.17) is 14.2 Å². The van der Waals surface area contributed by atoms with Crippen LogP contribution in [0, 0.1) is 0 Å². The number of benzene rings is 2. The smallest absolute Gasteiger partial charge is 0.329 e. The Labute approximate surface area is 150 Å². The molecule has 8 nitrogen and oxygen atoms in total. The van der Waals surface area contributed by atoms with Crippen LogP contribution in [0.3, 0.4) is 0 Å². The molecule has 2 N–H and O–H groups in total. The average molecular weight is 357 g/mol. The lowest BCUT2D eigenvalue weighted by molar-refractivity contribution is -0.136. The number of anilines is 1. The number of hydrogen-bond donors (Lipinski definition) is 2. The standard InChI is InChI=1S/C18H19N3O5/c1-24-14-9-5-4-8-13(14)20-17(22)18(23)21-19-11-12-7-6-10-15(25-2)16(12)26-3/h4-11H,1-3H3,(H,20,22)(H,21,23)/b19-11-. The van der Waals surface area contributed by atoms with Gasteiger partial charge in [-0.15, -0.1) is 0 Å². The summed E-state index contributed by atoms with van der Waals surface area (Å²) in [4.78, 5) is 23.8. The van der Waals surface area contributed by atoms with Crippen molar-refractivity contribution in [3.8, 4) is 17.2 Å². The second kappa shape index (κ2) is 9.07. The summed E-state index contributed by atoms with van der Waals surface area (Å²) in [6, 6.07) is 12.0. The van der Waals surface area contributed by atoms with Gasteiger partial charge in [0.25, 0.3) is 0 Å². The van der Waals surface area contributed by atoms with Crippen molar-refractivity contribution in [3.05, 3.63) is 48.0 Å². The van der Waals surface area contributed by atoms with E-state index in [9.17, 15) is 9.59 Å². The number of hydrazone groups is 1. The highest BCUT2D eigenvalue weighted by Gasteiger charge is 2.15. The second-order valence-electron chi connectivity index (χ2n) is 4.94. The fourth-order valence-electron chi connectivity index (χ4n) is 2.15. The summed E-state index contributed by atoms with van der Waals surface area (Å²) < 4.78 is 15.5. The van der Waals surface area contributed by atoms with Gasteiger partial charge in [0.1, 0.15) is 5.75 Å². The molecule has 0 spiro atoms. The molecule has 8 heteroatoms. The van der Waals surface area contributed by atoms with Crippen LogP contribution in [0.5, 0.6) is 17.2 Å². The minimum absolute atomic E-state index is 0.383. The van der Waals surface area contributed by atoms with Gasteiger partial charge < -0.3 is 19.5 Å². The first-order valence-corrected chi connectivity index (χ1v) is 7.59. The number of ether oxygens (including phenoxy) is 3. The minimum atomic E-state index is -0.922. The van der Waals surface area contributed by atoms with Crippen LogP contribution in [0.15, 0.2) is 47.6 Å². The molecule has 2 amide bonds. The fourth-order valence-corrected chi connectivity index (χ4v) is 2.15. The highest BCUT2D eigenvalue weighted by Crippen LogP contribution is 2.29. The molecule has 0 saturated carbocycles. The van der Waals surface area contributed by atoms with Crippen molar-refractivity contribution in [1.29, 1.82) is 0 Å². The summed E-state index contributed by atoms with van der Waals surface area (Å²) >= 11 is 0. The van der Waals surface area contributed by atoms with Gasteiger partial charge in [-0.05, 0) is 24.3 Å². The molecule has 0 atom stereocenters. The van der Waals surface area contributed by atoms with E-state index in [1.54, 1.807) is 42.5 Å². The van der Waals surface area contributed by atoms with Crippen molar-refractivity contribution < 1.29 is 23.8 Å². The van der Waals surface area contributed by atoms with Gasteiger partial charge in [0.2, 0.25) is 0 Å². The van der Waals surface area contributed by atoms with E-state index in [1.165, 1.54) is 27.5 Å². The summed E-state index contributed by atoms with van der Waals surface area (Å²) in [5.74, 6) is -0.361. The second-order valence-corrected chi connectivity index (χ2v) is 4.94. The molecule has 0 bridgehead atoms. The van der Waals surface area contributed by atoms with Crippen molar-refractivity contribution in [2.45, 2.75) is 0 Å². The third kappa shape index (κ3) is 4.50. The molecule has 0 aliphatic carbocycles. The number of nitrogens with zero attached hydrogens (tertiary/aromatic N) is 1. The lowest BCUT2D eigenvalue weighted by Gasteiger charge is -2.10. The van der Waals surface area contributed by atoms with Crippen LogP contribution in [-0.4, -0.2) is 39.4 Å². The largest absolute Gasteiger partial charge is 0.495 e. The van der Waals surface area contributed by atoms with E-state index in [2.05, 4.69) is 15.8 Å². The minimum Gasteiger partial charge on any atom is -0.495 e. The Bertz CT molecular complexity index is 820. The van der Waals surface area contributed by atoms with Gasteiger partial charge in [-0.2, -0.15) is 5.10 Å². The maximum absolute atomic E-state index is 11.9. The normalized spacial score (nSPS) is 10.3. The van der Waals surface area contributed by atoms with Crippen LogP contribution >= 0.6 is 0 Å². The summed E-state index contributed by atoms with van der Waals surface area (Å²) in [5.41, 5.74) is 3.12. The number of rotatable bonds is 6. The van der Waals surface area contributed by atoms with Gasteiger partial charge in [0.05, 0.1) is 33.2 Å². The zero-order valence-electron chi connectivity index (χ0n) is 14.6. The number of carbonyl (C=O) groups excluding carboxylic acids is 2. The Morgan fingerprint density at radius 1 is 0.885 bits per heavy atom. The van der Waals surface area contributed by atoms with Crippen LogP contribution in [0.2, 0.25) is 0 Å². The number of hydrogen-bond acceptors (Lipinski definition) is 6. The number of amides is 2. The molecular weight excluding hydrogens is 338 g/mol. The van der Waals surface area contributed by atoms with E-state index in [1.807, 2.05) is 0 Å². The zero-order chi connectivity index (χ0) is 18.9. The molecule has 0 saturated heterocycles. The lowest BCUT2D eigenvalue weighted by Crippen LogP contribution is -2.32. The molecule has 136 valence electrons. The topological polar surface area (TPSA) is 98.2 Å². The number of para-hydroxylation sites is 3. The van der Waals surface area contributed by atoms with Crippen molar-refractivity contribution in [2.24, 2.45) is 5.10 Å². The Balaban J connectivity index is 2.02. The summed E-state index contributed by atoms with van der Waals surface area (Å²) in [6.45, 7) is 0. The quantitative estimate of drug-likeness (QED) is 0.467. The van der Waals surface area contributed by atoms with Crippen molar-refractivity contribution in [2.75, 3.05) is 26.6 Å². The number of methoxy groups -OCH3 is 3. The first kappa shape index (κ1) is 18.8. The summed E-state index contributed by atoms with van der Waals surface area (Å²) in [7, 11) is 4.48. The first-order valence-electron chi connectivity index (χ1n) is 7.59. The van der Waals surface area contributed by atoms with Gasteiger partial charge in [0, 0.05) is 5.56 Å². The van der Waals surface area contributed by atoms with E-state index < -0.39 is 11.8 Å². The molecule has 0 heterocycles. The molecule has 2 aromatic rings. The van der Waals surface area contributed by atoms with E-state index in [0.29, 0.717) is 28.5 Å². The van der Waals surface area contributed by atoms with Crippen LogP contribution in [0.25, 0.3) is 0 Å². The fraction of sp³-hybridized carbons (Fsp3) is 0.167. The first-order chi connectivity index (χ1) is 12.6. The maximum atomic E-state index is 11.9. The van der Waals surface area contributed by atoms with Crippen LogP contribution in [0.1, 0.15) is 5.56 Å².